The van der Waals surface area contributed by atoms with Gasteiger partial charge in [-0.25, -0.2) is 9.78 Å². The normalized spacial score (nSPS) is 14.4. The highest BCUT2D eigenvalue weighted by molar-refractivity contribution is 7.15. The molecule has 3 amide bonds. The van der Waals surface area contributed by atoms with Gasteiger partial charge < -0.3 is 5.32 Å². The number of amides is 3. The molecule has 7 heteroatoms. The van der Waals surface area contributed by atoms with Gasteiger partial charge >= 0.3 is 6.03 Å². The maximum Gasteiger partial charge on any atom is 0.321 e. The zero-order valence-corrected chi connectivity index (χ0v) is 14.6. The van der Waals surface area contributed by atoms with E-state index in [1.165, 1.54) is 11.3 Å². The highest BCUT2D eigenvalue weighted by Crippen LogP contribution is 2.24. The highest BCUT2D eigenvalue weighted by atomic mass is 32.1. The summed E-state index contributed by atoms with van der Waals surface area (Å²) in [4.78, 5) is 31.6. The minimum atomic E-state index is -0.217. The monoisotopic (exact) mass is 344 g/mol. The van der Waals surface area contributed by atoms with E-state index in [-0.39, 0.29) is 11.9 Å². The van der Waals surface area contributed by atoms with Crippen molar-refractivity contribution in [2.24, 2.45) is 0 Å². The molecule has 0 aliphatic carbocycles. The van der Waals surface area contributed by atoms with E-state index < -0.39 is 0 Å². The van der Waals surface area contributed by atoms with Gasteiger partial charge in [0.05, 0.1) is 5.69 Å². The van der Waals surface area contributed by atoms with Crippen LogP contribution in [0.4, 0.5) is 15.6 Å². The van der Waals surface area contributed by atoms with E-state index in [0.29, 0.717) is 23.8 Å². The maximum absolute atomic E-state index is 12.5. The lowest BCUT2D eigenvalue weighted by molar-refractivity contribution is 0.102. The summed E-state index contributed by atoms with van der Waals surface area (Å²) in [5, 5.41) is 6.26. The number of rotatable bonds is 4. The first kappa shape index (κ1) is 16.4. The van der Waals surface area contributed by atoms with E-state index in [1.807, 2.05) is 19.9 Å². The lowest BCUT2D eigenvalue weighted by Crippen LogP contribution is -2.46. The van der Waals surface area contributed by atoms with Gasteiger partial charge in [0.15, 0.2) is 5.13 Å². The number of hydrogen-bond acceptors (Lipinski definition) is 4. The standard InChI is InChI=1S/C17H20N4O2S/c1-3-14-11(2)24-16(19-14)20-15(22)12-6-4-7-13(10-12)21-9-5-8-18-17(21)23/h4,6-7,10H,3,5,8-9H2,1-2H3,(H,18,23)(H,19,20,22). The highest BCUT2D eigenvalue weighted by Gasteiger charge is 2.20. The molecule has 0 bridgehead atoms. The summed E-state index contributed by atoms with van der Waals surface area (Å²) >= 11 is 1.48. The van der Waals surface area contributed by atoms with Crippen molar-refractivity contribution < 1.29 is 9.59 Å². The number of thiazole rings is 1. The van der Waals surface area contributed by atoms with Gasteiger partial charge in [0.2, 0.25) is 0 Å². The number of nitrogens with zero attached hydrogens (tertiary/aromatic N) is 2. The number of aromatic nitrogens is 1. The SMILES string of the molecule is CCc1nc(NC(=O)c2cccc(N3CCCNC3=O)c2)sc1C. The van der Waals surface area contributed by atoms with E-state index in [9.17, 15) is 9.59 Å². The summed E-state index contributed by atoms with van der Waals surface area (Å²) in [7, 11) is 0. The van der Waals surface area contributed by atoms with Crippen LogP contribution in [-0.2, 0) is 6.42 Å². The second-order valence-corrected chi connectivity index (χ2v) is 6.82. The number of anilines is 2. The third-order valence-corrected chi connectivity index (χ3v) is 4.88. The average Bonchev–Trinajstić information content (AvgIpc) is 2.95. The summed E-state index contributed by atoms with van der Waals surface area (Å²) < 4.78 is 0. The minimum Gasteiger partial charge on any atom is -0.338 e. The van der Waals surface area contributed by atoms with Crippen LogP contribution < -0.4 is 15.5 Å². The molecular formula is C17H20N4O2S. The average molecular weight is 344 g/mol. The maximum atomic E-state index is 12.5. The summed E-state index contributed by atoms with van der Waals surface area (Å²) in [6.07, 6.45) is 1.73. The second kappa shape index (κ2) is 7.00. The summed E-state index contributed by atoms with van der Waals surface area (Å²) in [6.45, 7) is 5.39. The van der Waals surface area contributed by atoms with Crippen molar-refractivity contribution in [3.8, 4) is 0 Å². The van der Waals surface area contributed by atoms with Crippen molar-refractivity contribution in [3.05, 3.63) is 40.4 Å². The van der Waals surface area contributed by atoms with Gasteiger partial charge in [-0.2, -0.15) is 0 Å². The first-order valence-electron chi connectivity index (χ1n) is 8.01. The van der Waals surface area contributed by atoms with E-state index >= 15 is 0 Å². The van der Waals surface area contributed by atoms with Gasteiger partial charge in [-0.15, -0.1) is 11.3 Å². The van der Waals surface area contributed by atoms with Crippen LogP contribution in [-0.4, -0.2) is 30.0 Å². The van der Waals surface area contributed by atoms with Crippen molar-refractivity contribution in [1.82, 2.24) is 10.3 Å². The Balaban J connectivity index is 1.77. The molecule has 0 unspecified atom stereocenters. The van der Waals surface area contributed by atoms with Gasteiger partial charge in [-0.05, 0) is 38.0 Å². The molecule has 2 aromatic rings. The molecule has 0 atom stereocenters. The van der Waals surface area contributed by atoms with Crippen LogP contribution in [0.25, 0.3) is 0 Å². The molecular weight excluding hydrogens is 324 g/mol. The van der Waals surface area contributed by atoms with Crippen molar-refractivity contribution in [2.75, 3.05) is 23.3 Å². The lowest BCUT2D eigenvalue weighted by Gasteiger charge is -2.27. The van der Waals surface area contributed by atoms with Gasteiger partial charge in [0.1, 0.15) is 0 Å². The fourth-order valence-corrected chi connectivity index (χ4v) is 3.57. The van der Waals surface area contributed by atoms with Crippen molar-refractivity contribution in [2.45, 2.75) is 26.7 Å². The third-order valence-electron chi connectivity index (χ3n) is 3.95. The quantitative estimate of drug-likeness (QED) is 0.894. The zero-order valence-electron chi connectivity index (χ0n) is 13.8. The molecule has 1 aliphatic rings. The predicted octanol–water partition coefficient (Wildman–Crippen LogP) is 3.19. The number of urea groups is 1. The fourth-order valence-electron chi connectivity index (χ4n) is 2.67. The Morgan fingerprint density at radius 3 is 3.00 bits per heavy atom. The summed E-state index contributed by atoms with van der Waals surface area (Å²) in [5.41, 5.74) is 2.25. The van der Waals surface area contributed by atoms with Gasteiger partial charge in [0.25, 0.3) is 5.91 Å². The van der Waals surface area contributed by atoms with Crippen LogP contribution >= 0.6 is 11.3 Å². The molecule has 126 valence electrons. The number of carbonyl (C=O) groups is 2. The molecule has 3 rings (SSSR count). The fraction of sp³-hybridized carbons (Fsp3) is 0.353. The van der Waals surface area contributed by atoms with E-state index in [2.05, 4.69) is 15.6 Å². The van der Waals surface area contributed by atoms with E-state index in [4.69, 9.17) is 0 Å². The first-order chi connectivity index (χ1) is 11.6. The van der Waals surface area contributed by atoms with Crippen molar-refractivity contribution >= 4 is 34.1 Å². The number of benzene rings is 1. The molecule has 2 heterocycles. The molecule has 24 heavy (non-hydrogen) atoms. The Labute approximate surface area is 144 Å². The Kier molecular flexibility index (Phi) is 4.80. The van der Waals surface area contributed by atoms with Crippen LogP contribution in [0, 0.1) is 6.92 Å². The second-order valence-electron chi connectivity index (χ2n) is 5.62. The van der Waals surface area contributed by atoms with Gasteiger partial charge in [-0.3, -0.25) is 15.0 Å². The summed E-state index contributed by atoms with van der Waals surface area (Å²) in [5.74, 6) is -0.217. The minimum absolute atomic E-state index is 0.123. The lowest BCUT2D eigenvalue weighted by atomic mass is 10.1. The Bertz CT molecular complexity index is 772. The first-order valence-corrected chi connectivity index (χ1v) is 8.83. The van der Waals surface area contributed by atoms with E-state index in [1.54, 1.807) is 23.1 Å². The molecule has 0 spiro atoms. The molecule has 1 aromatic heterocycles. The van der Waals surface area contributed by atoms with E-state index in [0.717, 1.165) is 29.1 Å². The molecule has 0 saturated carbocycles. The molecule has 6 nitrogen and oxygen atoms in total. The number of hydrogen-bond donors (Lipinski definition) is 2. The number of nitrogens with one attached hydrogen (secondary N) is 2. The van der Waals surface area contributed by atoms with Gasteiger partial charge in [-0.1, -0.05) is 13.0 Å². The third kappa shape index (κ3) is 3.41. The topological polar surface area (TPSA) is 74.3 Å². The molecule has 1 saturated heterocycles. The molecule has 1 aromatic carbocycles. The largest absolute Gasteiger partial charge is 0.338 e. The zero-order chi connectivity index (χ0) is 17.1. The Hall–Kier alpha value is -2.41. The van der Waals surface area contributed by atoms with Crippen molar-refractivity contribution in [1.29, 1.82) is 0 Å². The molecule has 2 N–H and O–H groups in total. The van der Waals surface area contributed by atoms with Crippen LogP contribution in [0.2, 0.25) is 0 Å². The number of aryl methyl sites for hydroxylation is 2. The Morgan fingerprint density at radius 2 is 2.29 bits per heavy atom. The number of carbonyl (C=O) groups excluding carboxylic acids is 2. The van der Waals surface area contributed by atoms with Crippen LogP contribution in [0.15, 0.2) is 24.3 Å². The van der Waals surface area contributed by atoms with Crippen LogP contribution in [0.3, 0.4) is 0 Å². The summed E-state index contributed by atoms with van der Waals surface area (Å²) in [6, 6.07) is 6.98. The molecule has 1 fully saturated rings. The molecule has 0 radical (unpaired) electrons. The smallest absolute Gasteiger partial charge is 0.321 e. The predicted molar refractivity (Wildman–Crippen MR) is 96.0 cm³/mol. The van der Waals surface area contributed by atoms with Crippen LogP contribution in [0.5, 0.6) is 0 Å². The van der Waals surface area contributed by atoms with Crippen LogP contribution in [0.1, 0.15) is 34.3 Å². The van der Waals surface area contributed by atoms with Crippen molar-refractivity contribution in [3.63, 3.8) is 0 Å². The molecule has 1 aliphatic heterocycles. The Morgan fingerprint density at radius 1 is 1.46 bits per heavy atom. The van der Waals surface area contributed by atoms with Gasteiger partial charge in [0, 0.05) is 29.2 Å².